The molecule has 0 bridgehead atoms. The van der Waals surface area contributed by atoms with E-state index in [1.807, 2.05) is 55.5 Å². The van der Waals surface area contributed by atoms with E-state index in [2.05, 4.69) is 0 Å². The summed E-state index contributed by atoms with van der Waals surface area (Å²) in [6.07, 6.45) is -0.231. The van der Waals surface area contributed by atoms with Crippen LogP contribution < -0.4 is 15.2 Å². The highest BCUT2D eigenvalue weighted by Gasteiger charge is 2.12. The molecule has 0 fully saturated rings. The summed E-state index contributed by atoms with van der Waals surface area (Å²) >= 11 is 6.00. The first-order chi connectivity index (χ1) is 9.72. The molecule has 0 aliphatic carbocycles. The van der Waals surface area contributed by atoms with Crippen LogP contribution in [0.4, 0.5) is 0 Å². The maximum Gasteiger partial charge on any atom is 0.136 e. The number of rotatable bonds is 6. The molecule has 0 heterocycles. The zero-order chi connectivity index (χ0) is 14.4. The maximum atomic E-state index is 6.00. The topological polar surface area (TPSA) is 44.5 Å². The zero-order valence-corrected chi connectivity index (χ0v) is 12.1. The largest absolute Gasteiger partial charge is 0.494 e. The van der Waals surface area contributed by atoms with Crippen molar-refractivity contribution in [1.82, 2.24) is 0 Å². The number of benzene rings is 2. The molecule has 2 rings (SSSR count). The van der Waals surface area contributed by atoms with Crippen molar-refractivity contribution in [3.05, 3.63) is 59.1 Å². The highest BCUT2D eigenvalue weighted by atomic mass is 35.5. The first kappa shape index (κ1) is 14.7. The van der Waals surface area contributed by atoms with Gasteiger partial charge in [0, 0.05) is 17.6 Å². The Balaban J connectivity index is 2.15. The molecule has 3 nitrogen and oxygen atoms in total. The lowest BCUT2D eigenvalue weighted by atomic mass is 10.1. The molecule has 2 aromatic carbocycles. The number of nitrogens with two attached hydrogens (primary N) is 1. The van der Waals surface area contributed by atoms with E-state index in [9.17, 15) is 0 Å². The second kappa shape index (κ2) is 7.17. The summed E-state index contributed by atoms with van der Waals surface area (Å²) in [5.74, 6) is 1.51. The molecule has 0 radical (unpaired) electrons. The maximum absolute atomic E-state index is 6.00. The third kappa shape index (κ3) is 3.89. The van der Waals surface area contributed by atoms with E-state index in [0.29, 0.717) is 18.2 Å². The van der Waals surface area contributed by atoms with E-state index in [1.165, 1.54) is 0 Å². The molecule has 0 aromatic heterocycles. The minimum absolute atomic E-state index is 0.231. The summed E-state index contributed by atoms with van der Waals surface area (Å²) < 4.78 is 11.4. The van der Waals surface area contributed by atoms with Gasteiger partial charge in [0.25, 0.3) is 0 Å². The first-order valence-corrected chi connectivity index (χ1v) is 6.95. The standard InChI is InChI=1S/C16H18ClNO2/c1-2-19-14-7-4-8-15(10-14)20-16(11-18)12-5-3-6-13(17)9-12/h3-10,16H,2,11,18H2,1H3. The molecular weight excluding hydrogens is 274 g/mol. The first-order valence-electron chi connectivity index (χ1n) is 6.58. The van der Waals surface area contributed by atoms with Crippen LogP contribution in [-0.4, -0.2) is 13.2 Å². The van der Waals surface area contributed by atoms with Crippen LogP contribution in [0, 0.1) is 0 Å². The molecule has 4 heteroatoms. The lowest BCUT2D eigenvalue weighted by Crippen LogP contribution is -2.18. The van der Waals surface area contributed by atoms with E-state index in [4.69, 9.17) is 26.8 Å². The molecule has 0 spiro atoms. The summed E-state index contributed by atoms with van der Waals surface area (Å²) in [6, 6.07) is 15.1. The van der Waals surface area contributed by atoms with Crippen molar-refractivity contribution in [1.29, 1.82) is 0 Å². The van der Waals surface area contributed by atoms with Crippen molar-refractivity contribution in [2.75, 3.05) is 13.2 Å². The molecule has 2 aromatic rings. The second-order valence-corrected chi connectivity index (χ2v) is 4.74. The van der Waals surface area contributed by atoms with Gasteiger partial charge in [-0.15, -0.1) is 0 Å². The molecule has 0 saturated heterocycles. The van der Waals surface area contributed by atoms with Gasteiger partial charge in [-0.3, -0.25) is 0 Å². The fourth-order valence-corrected chi connectivity index (χ4v) is 2.13. The van der Waals surface area contributed by atoms with Crippen LogP contribution in [0.25, 0.3) is 0 Å². The quantitative estimate of drug-likeness (QED) is 0.880. The Kier molecular flexibility index (Phi) is 5.27. The Morgan fingerprint density at radius 2 is 1.85 bits per heavy atom. The van der Waals surface area contributed by atoms with E-state index < -0.39 is 0 Å². The Morgan fingerprint density at radius 1 is 1.10 bits per heavy atom. The fraction of sp³-hybridized carbons (Fsp3) is 0.250. The van der Waals surface area contributed by atoms with Crippen LogP contribution in [-0.2, 0) is 0 Å². The summed E-state index contributed by atoms with van der Waals surface area (Å²) in [4.78, 5) is 0. The van der Waals surface area contributed by atoms with Crippen LogP contribution in [0.15, 0.2) is 48.5 Å². The Labute approximate surface area is 124 Å². The van der Waals surface area contributed by atoms with Gasteiger partial charge in [-0.2, -0.15) is 0 Å². The van der Waals surface area contributed by atoms with Crippen molar-refractivity contribution >= 4 is 11.6 Å². The van der Waals surface area contributed by atoms with Gasteiger partial charge in [-0.1, -0.05) is 29.8 Å². The van der Waals surface area contributed by atoms with Crippen LogP contribution in [0.2, 0.25) is 5.02 Å². The normalized spacial score (nSPS) is 11.9. The average Bonchev–Trinajstić information content (AvgIpc) is 2.45. The van der Waals surface area contributed by atoms with Crippen LogP contribution >= 0.6 is 11.6 Å². The van der Waals surface area contributed by atoms with Gasteiger partial charge in [0.15, 0.2) is 0 Å². The Bertz CT molecular complexity index is 560. The predicted molar refractivity (Wildman–Crippen MR) is 81.5 cm³/mol. The lowest BCUT2D eigenvalue weighted by molar-refractivity contribution is 0.213. The van der Waals surface area contributed by atoms with Gasteiger partial charge in [-0.05, 0) is 36.8 Å². The zero-order valence-electron chi connectivity index (χ0n) is 11.4. The van der Waals surface area contributed by atoms with Crippen LogP contribution in [0.3, 0.4) is 0 Å². The molecule has 2 N–H and O–H groups in total. The van der Waals surface area contributed by atoms with E-state index in [0.717, 1.165) is 17.1 Å². The lowest BCUT2D eigenvalue weighted by Gasteiger charge is -2.18. The van der Waals surface area contributed by atoms with Crippen molar-refractivity contribution in [3.8, 4) is 11.5 Å². The van der Waals surface area contributed by atoms with Crippen LogP contribution in [0.5, 0.6) is 11.5 Å². The third-order valence-corrected chi connectivity index (χ3v) is 3.06. The molecule has 20 heavy (non-hydrogen) atoms. The Morgan fingerprint density at radius 3 is 2.55 bits per heavy atom. The average molecular weight is 292 g/mol. The summed E-state index contributed by atoms with van der Waals surface area (Å²) in [5, 5.41) is 0.674. The van der Waals surface area contributed by atoms with E-state index in [-0.39, 0.29) is 6.10 Å². The minimum Gasteiger partial charge on any atom is -0.494 e. The van der Waals surface area contributed by atoms with E-state index >= 15 is 0 Å². The summed E-state index contributed by atoms with van der Waals surface area (Å²) in [7, 11) is 0. The molecule has 0 saturated carbocycles. The van der Waals surface area contributed by atoms with Crippen molar-refractivity contribution in [2.45, 2.75) is 13.0 Å². The van der Waals surface area contributed by atoms with Crippen LogP contribution in [0.1, 0.15) is 18.6 Å². The smallest absolute Gasteiger partial charge is 0.136 e. The molecule has 1 atom stereocenters. The molecule has 1 unspecified atom stereocenters. The van der Waals surface area contributed by atoms with Crippen molar-refractivity contribution in [3.63, 3.8) is 0 Å². The highest BCUT2D eigenvalue weighted by molar-refractivity contribution is 6.30. The molecule has 0 aliphatic heterocycles. The number of halogens is 1. The SMILES string of the molecule is CCOc1cccc(OC(CN)c2cccc(Cl)c2)c1. The second-order valence-electron chi connectivity index (χ2n) is 4.31. The van der Waals surface area contributed by atoms with Gasteiger partial charge in [-0.25, -0.2) is 0 Å². The molecular formula is C16H18ClNO2. The van der Waals surface area contributed by atoms with Gasteiger partial charge >= 0.3 is 0 Å². The number of hydrogen-bond acceptors (Lipinski definition) is 3. The van der Waals surface area contributed by atoms with E-state index in [1.54, 1.807) is 0 Å². The summed E-state index contributed by atoms with van der Waals surface area (Å²) in [5.41, 5.74) is 6.76. The molecule has 0 amide bonds. The van der Waals surface area contributed by atoms with Crippen molar-refractivity contribution < 1.29 is 9.47 Å². The molecule has 106 valence electrons. The number of ether oxygens (including phenoxy) is 2. The van der Waals surface area contributed by atoms with Gasteiger partial charge in [0.05, 0.1) is 6.61 Å². The predicted octanol–water partition coefficient (Wildman–Crippen LogP) is 3.82. The number of hydrogen-bond donors (Lipinski definition) is 1. The minimum atomic E-state index is -0.231. The molecule has 0 aliphatic rings. The van der Waals surface area contributed by atoms with Gasteiger partial charge in [0.2, 0.25) is 0 Å². The monoisotopic (exact) mass is 291 g/mol. The third-order valence-electron chi connectivity index (χ3n) is 2.83. The van der Waals surface area contributed by atoms with Gasteiger partial charge in [0.1, 0.15) is 17.6 Å². The summed E-state index contributed by atoms with van der Waals surface area (Å²) in [6.45, 7) is 2.94. The fourth-order valence-electron chi connectivity index (χ4n) is 1.93. The Hall–Kier alpha value is -1.71. The van der Waals surface area contributed by atoms with Gasteiger partial charge < -0.3 is 15.2 Å². The highest BCUT2D eigenvalue weighted by Crippen LogP contribution is 2.26. The van der Waals surface area contributed by atoms with Crippen molar-refractivity contribution in [2.24, 2.45) is 5.73 Å².